The van der Waals surface area contributed by atoms with Gasteiger partial charge in [0.2, 0.25) is 0 Å². The Morgan fingerprint density at radius 3 is 2.55 bits per heavy atom. The number of hydrogen-bond acceptors (Lipinski definition) is 2. The molecule has 2 unspecified atom stereocenters. The summed E-state index contributed by atoms with van der Waals surface area (Å²) in [6, 6.07) is 17.1. The van der Waals surface area contributed by atoms with E-state index in [4.69, 9.17) is 10.7 Å². The number of hydrogen-bond donors (Lipinski definition) is 1. The zero-order chi connectivity index (χ0) is 15.7. The van der Waals surface area contributed by atoms with Crippen molar-refractivity contribution in [1.29, 1.82) is 0 Å². The van der Waals surface area contributed by atoms with E-state index in [1.165, 1.54) is 11.1 Å². The number of nitrogens with zero attached hydrogens (tertiary/aromatic N) is 2. The van der Waals surface area contributed by atoms with Gasteiger partial charge in [-0.15, -0.1) is 0 Å². The van der Waals surface area contributed by atoms with Gasteiger partial charge < -0.3 is 10.3 Å². The maximum atomic E-state index is 6.33. The van der Waals surface area contributed by atoms with Crippen LogP contribution in [0.5, 0.6) is 0 Å². The normalized spacial score (nSPS) is 14.2. The van der Waals surface area contributed by atoms with Crippen LogP contribution >= 0.6 is 0 Å². The average molecular weight is 293 g/mol. The lowest BCUT2D eigenvalue weighted by atomic mass is 10.1. The summed E-state index contributed by atoms with van der Waals surface area (Å²) >= 11 is 0. The molecule has 3 rings (SSSR count). The highest BCUT2D eigenvalue weighted by Gasteiger charge is 2.20. The lowest BCUT2D eigenvalue weighted by molar-refractivity contribution is 0.555. The van der Waals surface area contributed by atoms with Gasteiger partial charge in [0.1, 0.15) is 5.82 Å². The summed E-state index contributed by atoms with van der Waals surface area (Å²) in [6.07, 6.45) is 0.879. The third-order valence-electron chi connectivity index (χ3n) is 4.31. The van der Waals surface area contributed by atoms with Crippen LogP contribution in [0.3, 0.4) is 0 Å². The van der Waals surface area contributed by atoms with Crippen molar-refractivity contribution >= 4 is 11.0 Å². The van der Waals surface area contributed by atoms with Gasteiger partial charge in [0.15, 0.2) is 0 Å². The second-order valence-corrected chi connectivity index (χ2v) is 5.93. The van der Waals surface area contributed by atoms with Crippen molar-refractivity contribution in [3.63, 3.8) is 0 Å². The first-order valence-electron chi connectivity index (χ1n) is 7.90. The lowest BCUT2D eigenvalue weighted by Crippen LogP contribution is -2.18. The predicted octanol–water partition coefficient (Wildman–Crippen LogP) is 4.36. The second kappa shape index (κ2) is 5.93. The highest BCUT2D eigenvalue weighted by atomic mass is 15.1. The Labute approximate surface area is 131 Å². The van der Waals surface area contributed by atoms with E-state index < -0.39 is 0 Å². The Balaban J connectivity index is 2.21. The monoisotopic (exact) mass is 293 g/mol. The van der Waals surface area contributed by atoms with Crippen molar-refractivity contribution in [2.45, 2.75) is 39.3 Å². The van der Waals surface area contributed by atoms with Gasteiger partial charge in [-0.05, 0) is 43.5 Å². The number of fused-ring (bicyclic) bond motifs is 1. The van der Waals surface area contributed by atoms with E-state index in [1.54, 1.807) is 0 Å². The van der Waals surface area contributed by atoms with Gasteiger partial charge in [0, 0.05) is 0 Å². The first kappa shape index (κ1) is 14.8. The Hall–Kier alpha value is -2.13. The van der Waals surface area contributed by atoms with Gasteiger partial charge in [-0.2, -0.15) is 0 Å². The quantitative estimate of drug-likeness (QED) is 0.776. The number of rotatable bonds is 4. The molecule has 2 atom stereocenters. The highest BCUT2D eigenvalue weighted by Crippen LogP contribution is 2.29. The standard InChI is InChI=1S/C19H23N3/c1-4-16(20)19-21-17-12-13(2)10-11-18(17)22(19)14(3)15-8-6-5-7-9-15/h5-12,14,16H,4,20H2,1-3H3. The van der Waals surface area contributed by atoms with Gasteiger partial charge in [0.05, 0.1) is 23.1 Å². The summed E-state index contributed by atoms with van der Waals surface area (Å²) in [5, 5.41) is 0. The smallest absolute Gasteiger partial charge is 0.127 e. The number of imidazole rings is 1. The van der Waals surface area contributed by atoms with E-state index in [0.717, 1.165) is 23.3 Å². The largest absolute Gasteiger partial charge is 0.321 e. The molecule has 2 aromatic carbocycles. The maximum absolute atomic E-state index is 6.33. The molecule has 0 aliphatic rings. The van der Waals surface area contributed by atoms with Gasteiger partial charge in [-0.25, -0.2) is 4.98 Å². The molecule has 0 saturated carbocycles. The lowest BCUT2D eigenvalue weighted by Gasteiger charge is -2.20. The third-order valence-corrected chi connectivity index (χ3v) is 4.31. The van der Waals surface area contributed by atoms with E-state index >= 15 is 0 Å². The minimum Gasteiger partial charge on any atom is -0.321 e. The molecule has 2 N–H and O–H groups in total. The molecule has 3 nitrogen and oxygen atoms in total. The SMILES string of the molecule is CCC(N)c1nc2cc(C)ccc2n1C(C)c1ccccc1. The zero-order valence-electron chi connectivity index (χ0n) is 13.5. The fraction of sp³-hybridized carbons (Fsp3) is 0.316. The first-order chi connectivity index (χ1) is 10.6. The van der Waals surface area contributed by atoms with E-state index in [9.17, 15) is 0 Å². The summed E-state index contributed by atoms with van der Waals surface area (Å²) < 4.78 is 2.29. The molecular formula is C19H23N3. The third kappa shape index (κ3) is 2.53. The predicted molar refractivity (Wildman–Crippen MR) is 91.9 cm³/mol. The van der Waals surface area contributed by atoms with Gasteiger partial charge in [0.25, 0.3) is 0 Å². The molecule has 0 radical (unpaired) electrons. The van der Waals surface area contributed by atoms with Crippen LogP contribution in [0.4, 0.5) is 0 Å². The first-order valence-corrected chi connectivity index (χ1v) is 7.90. The molecule has 0 fully saturated rings. The summed E-state index contributed by atoms with van der Waals surface area (Å²) in [6.45, 7) is 6.41. The molecule has 0 spiro atoms. The molecular weight excluding hydrogens is 270 g/mol. The minimum absolute atomic E-state index is 0.0427. The molecule has 0 bridgehead atoms. The zero-order valence-corrected chi connectivity index (χ0v) is 13.5. The number of nitrogens with two attached hydrogens (primary N) is 1. The van der Waals surface area contributed by atoms with Crippen LogP contribution in [0, 0.1) is 6.92 Å². The average Bonchev–Trinajstić information content (AvgIpc) is 2.92. The number of benzene rings is 2. The maximum Gasteiger partial charge on any atom is 0.127 e. The van der Waals surface area contributed by atoms with E-state index in [-0.39, 0.29) is 12.1 Å². The molecule has 0 saturated heterocycles. The van der Waals surface area contributed by atoms with E-state index in [2.05, 4.69) is 67.8 Å². The summed E-state index contributed by atoms with van der Waals surface area (Å²) in [7, 11) is 0. The Kier molecular flexibility index (Phi) is 3.99. The summed E-state index contributed by atoms with van der Waals surface area (Å²) in [5.41, 5.74) is 11.0. The van der Waals surface area contributed by atoms with Crippen LogP contribution in [0.25, 0.3) is 11.0 Å². The summed E-state index contributed by atoms with van der Waals surface area (Å²) in [5.74, 6) is 0.972. The Morgan fingerprint density at radius 2 is 1.86 bits per heavy atom. The van der Waals surface area contributed by atoms with Crippen molar-refractivity contribution in [1.82, 2.24) is 9.55 Å². The van der Waals surface area contributed by atoms with Crippen molar-refractivity contribution in [2.24, 2.45) is 5.73 Å². The van der Waals surface area contributed by atoms with Crippen molar-refractivity contribution in [2.75, 3.05) is 0 Å². The molecule has 0 aliphatic carbocycles. The molecule has 0 aliphatic heterocycles. The van der Waals surface area contributed by atoms with Crippen molar-refractivity contribution in [3.05, 3.63) is 65.5 Å². The molecule has 1 aromatic heterocycles. The molecule has 22 heavy (non-hydrogen) atoms. The van der Waals surface area contributed by atoms with Crippen LogP contribution in [0.1, 0.15) is 49.3 Å². The molecule has 114 valence electrons. The van der Waals surface area contributed by atoms with Gasteiger partial charge in [-0.3, -0.25) is 0 Å². The minimum atomic E-state index is -0.0427. The summed E-state index contributed by atoms with van der Waals surface area (Å²) in [4.78, 5) is 4.83. The molecule has 3 aromatic rings. The second-order valence-electron chi connectivity index (χ2n) is 5.93. The topological polar surface area (TPSA) is 43.8 Å². The van der Waals surface area contributed by atoms with Gasteiger partial charge >= 0.3 is 0 Å². The number of aromatic nitrogens is 2. The van der Waals surface area contributed by atoms with Crippen LogP contribution in [0.15, 0.2) is 48.5 Å². The molecule has 3 heteroatoms. The van der Waals surface area contributed by atoms with Gasteiger partial charge in [-0.1, -0.05) is 43.3 Å². The molecule has 0 amide bonds. The van der Waals surface area contributed by atoms with Crippen molar-refractivity contribution < 1.29 is 0 Å². The Bertz CT molecular complexity index is 774. The van der Waals surface area contributed by atoms with E-state index in [0.29, 0.717) is 0 Å². The highest BCUT2D eigenvalue weighted by molar-refractivity contribution is 5.77. The fourth-order valence-electron chi connectivity index (χ4n) is 2.96. The fourth-order valence-corrected chi connectivity index (χ4v) is 2.96. The van der Waals surface area contributed by atoms with Crippen molar-refractivity contribution in [3.8, 4) is 0 Å². The van der Waals surface area contributed by atoms with Crippen LogP contribution in [0.2, 0.25) is 0 Å². The number of aryl methyl sites for hydroxylation is 1. The molecule has 1 heterocycles. The van der Waals surface area contributed by atoms with Crippen LogP contribution in [-0.2, 0) is 0 Å². The van der Waals surface area contributed by atoms with Crippen LogP contribution in [-0.4, -0.2) is 9.55 Å². The Morgan fingerprint density at radius 1 is 1.14 bits per heavy atom. The van der Waals surface area contributed by atoms with E-state index in [1.807, 2.05) is 6.07 Å². The van der Waals surface area contributed by atoms with Crippen LogP contribution < -0.4 is 5.73 Å².